The van der Waals surface area contributed by atoms with Gasteiger partial charge < -0.3 is 14.5 Å². The maximum absolute atomic E-state index is 12.6. The molecule has 0 atom stereocenters. The highest BCUT2D eigenvalue weighted by Gasteiger charge is 2.15. The Kier molecular flexibility index (Phi) is 7.23. The van der Waals surface area contributed by atoms with Crippen LogP contribution in [-0.4, -0.2) is 22.6 Å². The number of halogens is 1. The van der Waals surface area contributed by atoms with E-state index in [4.69, 9.17) is 21.4 Å². The first-order chi connectivity index (χ1) is 16.6. The molecule has 8 heteroatoms. The molecule has 6 nitrogen and oxygen atoms in total. The standard InChI is InChI=1S/C27H26BrN3O3S/c1-5-33-22-12-8-17(14-20(22)28)24(32)31-26(35)29-19-11-13-23-21(15-19)30-25(34-23)16-6-9-18(10-7-16)27(2,3)4/h6-15H,5H2,1-4H3,(H2,29,31,32,35). The lowest BCUT2D eigenvalue weighted by Gasteiger charge is -2.18. The zero-order valence-electron chi connectivity index (χ0n) is 19.9. The molecular weight excluding hydrogens is 526 g/mol. The molecule has 0 saturated heterocycles. The van der Waals surface area contributed by atoms with Gasteiger partial charge in [0, 0.05) is 16.8 Å². The predicted octanol–water partition coefficient (Wildman–Crippen LogP) is 7.08. The molecule has 0 unspecified atom stereocenters. The smallest absolute Gasteiger partial charge is 0.257 e. The first-order valence-corrected chi connectivity index (χ1v) is 12.4. The third-order valence-electron chi connectivity index (χ3n) is 5.36. The third-order valence-corrected chi connectivity index (χ3v) is 6.19. The third kappa shape index (κ3) is 5.89. The largest absolute Gasteiger partial charge is 0.493 e. The number of amides is 1. The summed E-state index contributed by atoms with van der Waals surface area (Å²) >= 11 is 8.76. The number of benzene rings is 3. The lowest BCUT2D eigenvalue weighted by atomic mass is 9.87. The Balaban J connectivity index is 1.44. The van der Waals surface area contributed by atoms with Crippen molar-refractivity contribution in [1.82, 2.24) is 10.3 Å². The van der Waals surface area contributed by atoms with E-state index in [2.05, 4.69) is 64.5 Å². The van der Waals surface area contributed by atoms with Crippen LogP contribution in [0.15, 0.2) is 69.6 Å². The van der Waals surface area contributed by atoms with Crippen LogP contribution in [0.2, 0.25) is 0 Å². The average Bonchev–Trinajstić information content (AvgIpc) is 3.23. The molecule has 1 aromatic heterocycles. The van der Waals surface area contributed by atoms with Crippen LogP contribution in [0.1, 0.15) is 43.6 Å². The Bertz CT molecular complexity index is 1390. The van der Waals surface area contributed by atoms with Crippen LogP contribution in [0, 0.1) is 0 Å². The Morgan fingerprint density at radius 1 is 1.09 bits per heavy atom. The Morgan fingerprint density at radius 2 is 1.83 bits per heavy atom. The number of fused-ring (bicyclic) bond motifs is 1. The van der Waals surface area contributed by atoms with E-state index >= 15 is 0 Å². The summed E-state index contributed by atoms with van der Waals surface area (Å²) in [6.45, 7) is 8.98. The minimum Gasteiger partial charge on any atom is -0.493 e. The highest BCUT2D eigenvalue weighted by molar-refractivity contribution is 9.10. The normalized spacial score (nSPS) is 11.3. The number of carbonyl (C=O) groups is 1. The van der Waals surface area contributed by atoms with Crippen molar-refractivity contribution in [3.63, 3.8) is 0 Å². The van der Waals surface area contributed by atoms with Gasteiger partial charge in [-0.25, -0.2) is 4.98 Å². The summed E-state index contributed by atoms with van der Waals surface area (Å²) < 4.78 is 12.1. The van der Waals surface area contributed by atoms with E-state index in [1.807, 2.05) is 37.3 Å². The van der Waals surface area contributed by atoms with Gasteiger partial charge in [0.05, 0.1) is 11.1 Å². The number of hydrogen-bond acceptors (Lipinski definition) is 5. The minimum absolute atomic E-state index is 0.0810. The molecular formula is C27H26BrN3O3S. The number of thiocarbonyl (C=S) groups is 1. The Hall–Kier alpha value is -3.23. The fourth-order valence-electron chi connectivity index (χ4n) is 3.49. The van der Waals surface area contributed by atoms with Crippen LogP contribution in [0.4, 0.5) is 5.69 Å². The van der Waals surface area contributed by atoms with Crippen molar-refractivity contribution in [3.8, 4) is 17.2 Å². The van der Waals surface area contributed by atoms with E-state index < -0.39 is 0 Å². The van der Waals surface area contributed by atoms with E-state index in [9.17, 15) is 4.79 Å². The fraction of sp³-hybridized carbons (Fsp3) is 0.222. The average molecular weight is 552 g/mol. The molecule has 180 valence electrons. The first-order valence-electron chi connectivity index (χ1n) is 11.2. The number of carbonyl (C=O) groups excluding carboxylic acids is 1. The first kappa shape index (κ1) is 24.9. The van der Waals surface area contributed by atoms with Gasteiger partial charge >= 0.3 is 0 Å². The van der Waals surface area contributed by atoms with Crippen LogP contribution < -0.4 is 15.4 Å². The summed E-state index contributed by atoms with van der Waals surface area (Å²) in [4.78, 5) is 17.2. The minimum atomic E-state index is -0.324. The lowest BCUT2D eigenvalue weighted by Crippen LogP contribution is -2.34. The summed E-state index contributed by atoms with van der Waals surface area (Å²) in [7, 11) is 0. The van der Waals surface area contributed by atoms with Crippen molar-refractivity contribution in [2.45, 2.75) is 33.1 Å². The molecule has 0 fully saturated rings. The van der Waals surface area contributed by atoms with Gasteiger partial charge in [0.2, 0.25) is 5.89 Å². The lowest BCUT2D eigenvalue weighted by molar-refractivity contribution is 0.0977. The predicted molar refractivity (Wildman–Crippen MR) is 147 cm³/mol. The molecule has 0 aliphatic carbocycles. The van der Waals surface area contributed by atoms with Crippen LogP contribution in [-0.2, 0) is 5.41 Å². The summed E-state index contributed by atoms with van der Waals surface area (Å²) in [5.74, 6) is 0.902. The quantitative estimate of drug-likeness (QED) is 0.258. The van der Waals surface area contributed by atoms with Crippen LogP contribution >= 0.6 is 28.1 Å². The van der Waals surface area contributed by atoms with Gasteiger partial charge in [0.25, 0.3) is 5.91 Å². The second kappa shape index (κ2) is 10.2. The molecule has 2 N–H and O–H groups in total. The second-order valence-corrected chi connectivity index (χ2v) is 10.3. The summed E-state index contributed by atoms with van der Waals surface area (Å²) in [6, 6.07) is 18.8. The van der Waals surface area contributed by atoms with Crippen molar-refractivity contribution >= 4 is 56.0 Å². The van der Waals surface area contributed by atoms with Crippen LogP contribution in [0.5, 0.6) is 5.75 Å². The maximum atomic E-state index is 12.6. The molecule has 4 aromatic rings. The molecule has 3 aromatic carbocycles. The van der Waals surface area contributed by atoms with Crippen LogP contribution in [0.25, 0.3) is 22.6 Å². The molecule has 1 heterocycles. The molecule has 35 heavy (non-hydrogen) atoms. The van der Waals surface area contributed by atoms with Crippen molar-refractivity contribution < 1.29 is 13.9 Å². The number of rotatable bonds is 5. The van der Waals surface area contributed by atoms with E-state index in [-0.39, 0.29) is 16.4 Å². The SMILES string of the molecule is CCOc1ccc(C(=O)NC(=S)Nc2ccc3oc(-c4ccc(C(C)(C)C)cc4)nc3c2)cc1Br. The number of hydrogen-bond donors (Lipinski definition) is 2. The fourth-order valence-corrected chi connectivity index (χ4v) is 4.20. The molecule has 4 rings (SSSR count). The van der Waals surface area contributed by atoms with Gasteiger partial charge in [-0.05, 0) is 94.6 Å². The number of aromatic nitrogens is 1. The zero-order chi connectivity index (χ0) is 25.2. The summed E-state index contributed by atoms with van der Waals surface area (Å²) in [5.41, 5.74) is 4.74. The van der Waals surface area contributed by atoms with Gasteiger partial charge in [-0.2, -0.15) is 0 Å². The molecule has 0 radical (unpaired) electrons. The molecule has 0 spiro atoms. The number of oxazole rings is 1. The number of anilines is 1. The highest BCUT2D eigenvalue weighted by Crippen LogP contribution is 2.29. The molecule has 1 amide bonds. The van der Waals surface area contributed by atoms with E-state index in [0.29, 0.717) is 45.1 Å². The monoisotopic (exact) mass is 551 g/mol. The van der Waals surface area contributed by atoms with Gasteiger partial charge in [-0.15, -0.1) is 0 Å². The second-order valence-electron chi connectivity index (χ2n) is 9.02. The Labute approximate surface area is 218 Å². The summed E-state index contributed by atoms with van der Waals surface area (Å²) in [5, 5.41) is 5.91. The molecule has 0 saturated carbocycles. The van der Waals surface area contributed by atoms with E-state index in [1.54, 1.807) is 18.2 Å². The maximum Gasteiger partial charge on any atom is 0.257 e. The van der Waals surface area contributed by atoms with Crippen molar-refractivity contribution in [3.05, 3.63) is 76.3 Å². The van der Waals surface area contributed by atoms with Crippen molar-refractivity contribution in [1.29, 1.82) is 0 Å². The molecule has 0 aliphatic rings. The van der Waals surface area contributed by atoms with E-state index in [1.165, 1.54) is 5.56 Å². The van der Waals surface area contributed by atoms with Crippen molar-refractivity contribution in [2.75, 3.05) is 11.9 Å². The molecule has 0 bridgehead atoms. The van der Waals surface area contributed by atoms with Gasteiger partial charge in [0.15, 0.2) is 10.7 Å². The van der Waals surface area contributed by atoms with Gasteiger partial charge in [0.1, 0.15) is 11.3 Å². The van der Waals surface area contributed by atoms with Crippen molar-refractivity contribution in [2.24, 2.45) is 0 Å². The number of nitrogens with one attached hydrogen (secondary N) is 2. The topological polar surface area (TPSA) is 76.4 Å². The highest BCUT2D eigenvalue weighted by atomic mass is 79.9. The van der Waals surface area contributed by atoms with Gasteiger partial charge in [-0.3, -0.25) is 10.1 Å². The van der Waals surface area contributed by atoms with E-state index in [0.717, 1.165) is 5.56 Å². The Morgan fingerprint density at radius 3 is 2.49 bits per heavy atom. The van der Waals surface area contributed by atoms with Crippen LogP contribution in [0.3, 0.4) is 0 Å². The number of ether oxygens (including phenoxy) is 1. The van der Waals surface area contributed by atoms with Gasteiger partial charge in [-0.1, -0.05) is 32.9 Å². The summed E-state index contributed by atoms with van der Waals surface area (Å²) in [6.07, 6.45) is 0. The molecule has 0 aliphatic heterocycles. The number of nitrogens with zero attached hydrogens (tertiary/aromatic N) is 1. The zero-order valence-corrected chi connectivity index (χ0v) is 22.3.